The maximum Gasteiger partial charge on any atom is 0.316 e. The molecule has 1 aliphatic rings. The van der Waals surface area contributed by atoms with Crippen molar-refractivity contribution in [3.05, 3.63) is 29.8 Å². The largest absolute Gasteiger partial charge is 0.351 e. The number of carbonyl (C=O) groups is 2. The fraction of sp³-hybridized carbons (Fsp3) is 0.467. The second-order valence-corrected chi connectivity index (χ2v) is 5.33. The number of nitrogens with one attached hydrogen (secondary N) is 3. The van der Waals surface area contributed by atoms with Gasteiger partial charge in [-0.2, -0.15) is 0 Å². The third kappa shape index (κ3) is 3.72. The van der Waals surface area contributed by atoms with Gasteiger partial charge in [0.2, 0.25) is 5.91 Å². The first-order valence-electron chi connectivity index (χ1n) is 7.24. The normalized spacial score (nSPS) is 21.0. The van der Waals surface area contributed by atoms with E-state index in [-0.39, 0.29) is 5.91 Å². The Kier molecular flexibility index (Phi) is 4.80. The van der Waals surface area contributed by atoms with Crippen LogP contribution in [0.4, 0.5) is 10.5 Å². The summed E-state index contributed by atoms with van der Waals surface area (Å²) in [6.45, 7) is 3.40. The molecule has 1 saturated heterocycles. The zero-order valence-corrected chi connectivity index (χ0v) is 12.2. The third-order valence-electron chi connectivity index (χ3n) is 3.96. The van der Waals surface area contributed by atoms with E-state index >= 15 is 0 Å². The summed E-state index contributed by atoms with van der Waals surface area (Å²) in [7, 11) is 0. The highest BCUT2D eigenvalue weighted by atomic mass is 16.2. The highest BCUT2D eigenvalue weighted by Crippen LogP contribution is 2.23. The summed E-state index contributed by atoms with van der Waals surface area (Å²) in [6.07, 6.45) is 2.71. The van der Waals surface area contributed by atoms with Crippen LogP contribution in [0.5, 0.6) is 0 Å². The summed E-state index contributed by atoms with van der Waals surface area (Å²) in [6, 6.07) is 6.64. The summed E-state index contributed by atoms with van der Waals surface area (Å²) in [5, 5.41) is 8.79. The fourth-order valence-electron chi connectivity index (χ4n) is 2.66. The lowest BCUT2D eigenvalue weighted by Gasteiger charge is -2.26. The van der Waals surface area contributed by atoms with Crippen LogP contribution >= 0.6 is 0 Å². The van der Waals surface area contributed by atoms with Gasteiger partial charge in [0.1, 0.15) is 0 Å². The van der Waals surface area contributed by atoms with Gasteiger partial charge in [-0.05, 0) is 43.5 Å². The van der Waals surface area contributed by atoms with Crippen LogP contribution in [0.2, 0.25) is 0 Å². The van der Waals surface area contributed by atoms with Gasteiger partial charge in [-0.15, -0.1) is 0 Å². The SMILES string of the molecule is CCC1(C(=O)NCc2ccc(NC(N)=O)cc2)CCCN1. The molecule has 1 unspecified atom stereocenters. The molecular formula is C15H22N4O2. The van der Waals surface area contributed by atoms with Gasteiger partial charge in [-0.1, -0.05) is 19.1 Å². The van der Waals surface area contributed by atoms with Crippen LogP contribution in [0.3, 0.4) is 0 Å². The minimum atomic E-state index is -0.590. The van der Waals surface area contributed by atoms with Crippen LogP contribution < -0.4 is 21.7 Å². The zero-order chi connectivity index (χ0) is 15.3. The van der Waals surface area contributed by atoms with E-state index in [9.17, 15) is 9.59 Å². The van der Waals surface area contributed by atoms with Crippen molar-refractivity contribution < 1.29 is 9.59 Å². The maximum atomic E-state index is 12.3. The fourth-order valence-corrected chi connectivity index (χ4v) is 2.66. The topological polar surface area (TPSA) is 96.2 Å². The number of benzene rings is 1. The number of carbonyl (C=O) groups excluding carboxylic acids is 2. The van der Waals surface area contributed by atoms with Gasteiger partial charge in [0.25, 0.3) is 0 Å². The highest BCUT2D eigenvalue weighted by Gasteiger charge is 2.38. The molecule has 6 heteroatoms. The van der Waals surface area contributed by atoms with E-state index in [4.69, 9.17) is 5.73 Å². The Balaban J connectivity index is 1.90. The highest BCUT2D eigenvalue weighted by molar-refractivity contribution is 5.88. The molecule has 0 radical (unpaired) electrons. The van der Waals surface area contributed by atoms with Crippen LogP contribution in [0.15, 0.2) is 24.3 Å². The van der Waals surface area contributed by atoms with Gasteiger partial charge >= 0.3 is 6.03 Å². The van der Waals surface area contributed by atoms with Gasteiger partial charge in [0, 0.05) is 12.2 Å². The van der Waals surface area contributed by atoms with Crippen molar-refractivity contribution in [2.45, 2.75) is 38.3 Å². The van der Waals surface area contributed by atoms with Crippen molar-refractivity contribution in [2.75, 3.05) is 11.9 Å². The lowest BCUT2D eigenvalue weighted by molar-refractivity contribution is -0.127. The molecule has 1 aromatic carbocycles. The zero-order valence-electron chi connectivity index (χ0n) is 12.2. The predicted octanol–water partition coefficient (Wildman–Crippen LogP) is 1.33. The molecule has 6 nitrogen and oxygen atoms in total. The van der Waals surface area contributed by atoms with Crippen LogP contribution in [-0.4, -0.2) is 24.0 Å². The number of rotatable bonds is 5. The van der Waals surface area contributed by atoms with Crippen molar-refractivity contribution >= 4 is 17.6 Å². The summed E-state index contributed by atoms with van der Waals surface area (Å²) in [5.74, 6) is 0.0573. The van der Waals surface area contributed by atoms with E-state index in [2.05, 4.69) is 16.0 Å². The molecule has 114 valence electrons. The Labute approximate surface area is 124 Å². The van der Waals surface area contributed by atoms with E-state index in [1.54, 1.807) is 12.1 Å². The van der Waals surface area contributed by atoms with E-state index in [1.165, 1.54) is 0 Å². The van der Waals surface area contributed by atoms with Gasteiger partial charge in [0.05, 0.1) is 5.54 Å². The van der Waals surface area contributed by atoms with Crippen molar-refractivity contribution in [3.63, 3.8) is 0 Å². The molecule has 2 rings (SSSR count). The molecule has 0 bridgehead atoms. The van der Waals surface area contributed by atoms with Crippen molar-refractivity contribution in [1.29, 1.82) is 0 Å². The number of hydrogen-bond acceptors (Lipinski definition) is 3. The van der Waals surface area contributed by atoms with Crippen LogP contribution in [0, 0.1) is 0 Å². The Morgan fingerprint density at radius 3 is 2.57 bits per heavy atom. The van der Waals surface area contributed by atoms with E-state index < -0.39 is 11.6 Å². The van der Waals surface area contributed by atoms with Crippen LogP contribution in [-0.2, 0) is 11.3 Å². The van der Waals surface area contributed by atoms with Gasteiger partial charge in [-0.25, -0.2) is 4.79 Å². The summed E-state index contributed by atoms with van der Waals surface area (Å²) in [4.78, 5) is 23.1. The Hall–Kier alpha value is -2.08. The van der Waals surface area contributed by atoms with Crippen molar-refractivity contribution in [2.24, 2.45) is 5.73 Å². The number of amides is 3. The van der Waals surface area contributed by atoms with Crippen LogP contribution in [0.25, 0.3) is 0 Å². The first-order chi connectivity index (χ1) is 10.1. The van der Waals surface area contributed by atoms with E-state index in [0.29, 0.717) is 12.2 Å². The molecule has 5 N–H and O–H groups in total. The average Bonchev–Trinajstić information content (AvgIpc) is 2.96. The Morgan fingerprint density at radius 1 is 1.33 bits per heavy atom. The summed E-state index contributed by atoms with van der Waals surface area (Å²) in [5.41, 5.74) is 6.25. The molecule has 0 aromatic heterocycles. The van der Waals surface area contributed by atoms with E-state index in [1.807, 2.05) is 19.1 Å². The average molecular weight is 290 g/mol. The molecule has 0 saturated carbocycles. The molecule has 0 aliphatic carbocycles. The molecule has 1 fully saturated rings. The lowest BCUT2D eigenvalue weighted by atomic mass is 9.93. The van der Waals surface area contributed by atoms with Gasteiger partial charge in [0.15, 0.2) is 0 Å². The molecule has 1 aliphatic heterocycles. The molecule has 1 atom stereocenters. The third-order valence-corrected chi connectivity index (χ3v) is 3.96. The first-order valence-corrected chi connectivity index (χ1v) is 7.24. The van der Waals surface area contributed by atoms with Crippen molar-refractivity contribution in [1.82, 2.24) is 10.6 Å². The number of anilines is 1. The minimum absolute atomic E-state index is 0.0573. The van der Waals surface area contributed by atoms with Gasteiger partial charge in [-0.3, -0.25) is 4.79 Å². The van der Waals surface area contributed by atoms with Gasteiger partial charge < -0.3 is 21.7 Å². The predicted molar refractivity (Wildman–Crippen MR) is 81.8 cm³/mol. The molecule has 0 spiro atoms. The quantitative estimate of drug-likeness (QED) is 0.658. The van der Waals surface area contributed by atoms with Crippen LogP contribution in [0.1, 0.15) is 31.7 Å². The lowest BCUT2D eigenvalue weighted by Crippen LogP contribution is -2.52. The second kappa shape index (κ2) is 6.58. The number of nitrogens with two attached hydrogens (primary N) is 1. The number of urea groups is 1. The van der Waals surface area contributed by atoms with E-state index in [0.717, 1.165) is 31.4 Å². The molecule has 1 heterocycles. The second-order valence-electron chi connectivity index (χ2n) is 5.33. The molecule has 3 amide bonds. The maximum absolute atomic E-state index is 12.3. The Bertz CT molecular complexity index is 507. The molecule has 1 aromatic rings. The summed E-state index contributed by atoms with van der Waals surface area (Å²) >= 11 is 0. The summed E-state index contributed by atoms with van der Waals surface area (Å²) < 4.78 is 0. The standard InChI is InChI=1S/C15H22N4O2/c1-2-15(8-3-9-18-15)13(20)17-10-11-4-6-12(7-5-11)19-14(16)21/h4-7,18H,2-3,8-10H2,1H3,(H,17,20)(H3,16,19,21). The molecular weight excluding hydrogens is 268 g/mol. The monoisotopic (exact) mass is 290 g/mol. The Morgan fingerprint density at radius 2 is 2.05 bits per heavy atom. The smallest absolute Gasteiger partial charge is 0.316 e. The first kappa shape index (κ1) is 15.3. The number of hydrogen-bond donors (Lipinski definition) is 4. The number of primary amides is 1. The van der Waals surface area contributed by atoms with Crippen molar-refractivity contribution in [3.8, 4) is 0 Å². The minimum Gasteiger partial charge on any atom is -0.351 e. The molecule has 21 heavy (non-hydrogen) atoms.